The lowest BCUT2D eigenvalue weighted by Gasteiger charge is -2.11. The van der Waals surface area contributed by atoms with Crippen molar-refractivity contribution in [2.24, 2.45) is 0 Å². The number of rotatable bonds is 4. The maximum Gasteiger partial charge on any atom is 0.147 e. The Kier molecular flexibility index (Phi) is 5.00. The van der Waals surface area contributed by atoms with Gasteiger partial charge in [0.15, 0.2) is 0 Å². The fraction of sp³-hybridized carbons (Fsp3) is 0.333. The van der Waals surface area contributed by atoms with Crippen LogP contribution in [-0.2, 0) is 6.42 Å². The van der Waals surface area contributed by atoms with Crippen LogP contribution >= 0.6 is 27.5 Å². The first kappa shape index (κ1) is 15.3. The molecule has 2 rings (SSSR count). The number of methoxy groups -OCH3 is 1. The molecule has 0 aliphatic rings. The van der Waals surface area contributed by atoms with Gasteiger partial charge in [0, 0.05) is 6.42 Å². The highest BCUT2D eigenvalue weighted by atomic mass is 79.9. The van der Waals surface area contributed by atoms with Crippen molar-refractivity contribution in [3.63, 3.8) is 0 Å². The maximum atomic E-state index is 6.16. The normalized spacial score (nSPS) is 10.9. The minimum absolute atomic E-state index is 0.291. The molecule has 0 N–H and O–H groups in total. The van der Waals surface area contributed by atoms with E-state index >= 15 is 0 Å². The van der Waals surface area contributed by atoms with Crippen molar-refractivity contribution in [3.8, 4) is 5.75 Å². The van der Waals surface area contributed by atoms with Gasteiger partial charge in [-0.1, -0.05) is 37.6 Å². The van der Waals surface area contributed by atoms with Crippen molar-refractivity contribution in [2.75, 3.05) is 7.11 Å². The largest absolute Gasteiger partial charge is 0.497 e. The summed E-state index contributed by atoms with van der Waals surface area (Å²) in [5.74, 6) is 1.86. The van der Waals surface area contributed by atoms with E-state index in [1.807, 2.05) is 24.3 Å². The van der Waals surface area contributed by atoms with Crippen LogP contribution < -0.4 is 4.74 Å². The van der Waals surface area contributed by atoms with Gasteiger partial charge in [0.05, 0.1) is 17.3 Å². The average molecular weight is 356 g/mol. The lowest BCUT2D eigenvalue weighted by Crippen LogP contribution is -2.04. The third-order valence-electron chi connectivity index (χ3n) is 2.95. The summed E-state index contributed by atoms with van der Waals surface area (Å²) in [6.45, 7) is 4.17. The number of nitrogens with zero attached hydrogens (tertiary/aromatic N) is 2. The van der Waals surface area contributed by atoms with Crippen molar-refractivity contribution >= 4 is 27.5 Å². The summed E-state index contributed by atoms with van der Waals surface area (Å²) in [7, 11) is 1.65. The number of hydrogen-bond acceptors (Lipinski definition) is 3. The standard InChI is InChI=1S/C15H16BrClN2O/c1-9(2)14-13(16)15(17)19-12(18-14)8-10-4-6-11(20-3)7-5-10/h4-7,9H,8H2,1-3H3. The summed E-state index contributed by atoms with van der Waals surface area (Å²) < 4.78 is 5.93. The lowest BCUT2D eigenvalue weighted by molar-refractivity contribution is 0.414. The SMILES string of the molecule is COc1ccc(Cc2nc(Cl)c(Br)c(C(C)C)n2)cc1. The summed E-state index contributed by atoms with van der Waals surface area (Å²) in [6, 6.07) is 7.87. The van der Waals surface area contributed by atoms with Crippen LogP contribution in [-0.4, -0.2) is 17.1 Å². The van der Waals surface area contributed by atoms with Crippen molar-refractivity contribution in [2.45, 2.75) is 26.2 Å². The highest BCUT2D eigenvalue weighted by Crippen LogP contribution is 2.29. The molecule has 0 bridgehead atoms. The second-order valence-corrected chi connectivity index (χ2v) is 5.96. The van der Waals surface area contributed by atoms with Crippen LogP contribution in [0.3, 0.4) is 0 Å². The zero-order valence-electron chi connectivity index (χ0n) is 11.7. The second kappa shape index (κ2) is 6.55. The molecule has 1 aromatic carbocycles. The van der Waals surface area contributed by atoms with Crippen LogP contribution in [0, 0.1) is 0 Å². The number of halogens is 2. The Labute approximate surface area is 132 Å². The van der Waals surface area contributed by atoms with Gasteiger partial charge in [0.25, 0.3) is 0 Å². The van der Waals surface area contributed by atoms with E-state index in [0.717, 1.165) is 27.3 Å². The van der Waals surface area contributed by atoms with Gasteiger partial charge in [-0.3, -0.25) is 0 Å². The Balaban J connectivity index is 2.28. The van der Waals surface area contributed by atoms with Crippen LogP contribution in [0.15, 0.2) is 28.7 Å². The zero-order chi connectivity index (χ0) is 14.7. The lowest BCUT2D eigenvalue weighted by atomic mass is 10.1. The summed E-state index contributed by atoms with van der Waals surface area (Å²) >= 11 is 9.60. The molecule has 3 nitrogen and oxygen atoms in total. The summed E-state index contributed by atoms with van der Waals surface area (Å²) in [5, 5.41) is 0.465. The fourth-order valence-corrected chi connectivity index (χ4v) is 2.70. The van der Waals surface area contributed by atoms with Gasteiger partial charge < -0.3 is 4.74 Å². The highest BCUT2D eigenvalue weighted by molar-refractivity contribution is 9.10. The van der Waals surface area contributed by atoms with Crippen LogP contribution in [0.25, 0.3) is 0 Å². The van der Waals surface area contributed by atoms with Gasteiger partial charge in [0.1, 0.15) is 16.7 Å². The van der Waals surface area contributed by atoms with Gasteiger partial charge in [-0.15, -0.1) is 0 Å². The molecule has 0 aliphatic heterocycles. The molecular formula is C15H16BrClN2O. The Morgan fingerprint density at radius 1 is 1.20 bits per heavy atom. The third-order valence-corrected chi connectivity index (χ3v) is 4.23. The molecule has 0 unspecified atom stereocenters. The van der Waals surface area contributed by atoms with E-state index in [0.29, 0.717) is 17.5 Å². The van der Waals surface area contributed by atoms with E-state index in [1.54, 1.807) is 7.11 Å². The van der Waals surface area contributed by atoms with Crippen molar-refractivity contribution in [1.29, 1.82) is 0 Å². The van der Waals surface area contributed by atoms with Gasteiger partial charge in [0.2, 0.25) is 0 Å². The first-order valence-corrected chi connectivity index (χ1v) is 7.53. The van der Waals surface area contributed by atoms with Gasteiger partial charge in [-0.25, -0.2) is 9.97 Å². The van der Waals surface area contributed by atoms with Gasteiger partial charge in [-0.2, -0.15) is 0 Å². The van der Waals surface area contributed by atoms with Crippen LogP contribution in [0.5, 0.6) is 5.75 Å². The van der Waals surface area contributed by atoms with Crippen LogP contribution in [0.4, 0.5) is 0 Å². The maximum absolute atomic E-state index is 6.16. The van der Waals surface area contributed by atoms with E-state index in [-0.39, 0.29) is 0 Å². The zero-order valence-corrected chi connectivity index (χ0v) is 14.0. The van der Waals surface area contributed by atoms with Crippen molar-refractivity contribution < 1.29 is 4.74 Å². The predicted molar refractivity (Wildman–Crippen MR) is 84.6 cm³/mol. The molecule has 0 aliphatic carbocycles. The molecule has 0 fully saturated rings. The highest BCUT2D eigenvalue weighted by Gasteiger charge is 2.13. The molecule has 106 valence electrons. The fourth-order valence-electron chi connectivity index (χ4n) is 1.87. The van der Waals surface area contributed by atoms with E-state index in [1.165, 1.54) is 0 Å². The molecule has 0 radical (unpaired) electrons. The van der Waals surface area contributed by atoms with E-state index in [9.17, 15) is 0 Å². The molecule has 1 aromatic heterocycles. The quantitative estimate of drug-likeness (QED) is 0.751. The predicted octanol–water partition coefficient (Wildman–Crippen LogP) is 4.62. The molecule has 0 atom stereocenters. The van der Waals surface area contributed by atoms with Gasteiger partial charge in [-0.05, 0) is 39.5 Å². The van der Waals surface area contributed by atoms with E-state index in [4.69, 9.17) is 16.3 Å². The third kappa shape index (κ3) is 3.49. The number of aromatic nitrogens is 2. The summed E-state index contributed by atoms with van der Waals surface area (Å²) in [6.07, 6.45) is 0.650. The Bertz CT molecular complexity index is 600. The summed E-state index contributed by atoms with van der Waals surface area (Å²) in [5.41, 5.74) is 2.06. The van der Waals surface area contributed by atoms with Crippen molar-refractivity contribution in [1.82, 2.24) is 9.97 Å². The Morgan fingerprint density at radius 2 is 1.85 bits per heavy atom. The Morgan fingerprint density at radius 3 is 2.40 bits per heavy atom. The van der Waals surface area contributed by atoms with Crippen LogP contribution in [0.2, 0.25) is 5.15 Å². The first-order chi connectivity index (χ1) is 9.51. The molecule has 0 saturated heterocycles. The average Bonchev–Trinajstić information content (AvgIpc) is 2.43. The monoisotopic (exact) mass is 354 g/mol. The smallest absolute Gasteiger partial charge is 0.147 e. The molecule has 0 saturated carbocycles. The number of benzene rings is 1. The second-order valence-electron chi connectivity index (χ2n) is 4.81. The summed E-state index contributed by atoms with van der Waals surface area (Å²) in [4.78, 5) is 8.93. The molecule has 5 heteroatoms. The number of hydrogen-bond donors (Lipinski definition) is 0. The molecule has 2 aromatic rings. The minimum atomic E-state index is 0.291. The topological polar surface area (TPSA) is 35.0 Å². The van der Waals surface area contributed by atoms with Crippen LogP contribution in [0.1, 0.15) is 36.8 Å². The first-order valence-electron chi connectivity index (χ1n) is 6.36. The number of ether oxygens (including phenoxy) is 1. The molecular weight excluding hydrogens is 340 g/mol. The van der Waals surface area contributed by atoms with Crippen molar-refractivity contribution in [3.05, 3.63) is 51.0 Å². The van der Waals surface area contributed by atoms with E-state index < -0.39 is 0 Å². The molecule has 0 amide bonds. The minimum Gasteiger partial charge on any atom is -0.497 e. The van der Waals surface area contributed by atoms with Gasteiger partial charge >= 0.3 is 0 Å². The molecule has 1 heterocycles. The Hall–Kier alpha value is -1.13. The molecule has 20 heavy (non-hydrogen) atoms. The van der Waals surface area contributed by atoms with E-state index in [2.05, 4.69) is 39.7 Å². The molecule has 0 spiro atoms.